The Bertz CT molecular complexity index is 715. The van der Waals surface area contributed by atoms with E-state index in [-0.39, 0.29) is 5.41 Å². The largest absolute Gasteiger partial charge is 0.337 e. The van der Waals surface area contributed by atoms with Crippen molar-refractivity contribution in [2.75, 3.05) is 0 Å². The number of benzene rings is 2. The third-order valence-corrected chi connectivity index (χ3v) is 5.15. The van der Waals surface area contributed by atoms with Crippen molar-refractivity contribution in [2.45, 2.75) is 38.6 Å². The van der Waals surface area contributed by atoms with Gasteiger partial charge in [0.25, 0.3) is 0 Å². The summed E-state index contributed by atoms with van der Waals surface area (Å²) in [6.45, 7) is 5.73. The van der Waals surface area contributed by atoms with Gasteiger partial charge in [-0.1, -0.05) is 74.5 Å². The van der Waals surface area contributed by atoms with Crippen molar-refractivity contribution in [2.24, 2.45) is 5.92 Å². The van der Waals surface area contributed by atoms with Crippen molar-refractivity contribution in [3.05, 3.63) is 90.5 Å². The van der Waals surface area contributed by atoms with Gasteiger partial charge in [-0.25, -0.2) is 4.98 Å². The Morgan fingerprint density at radius 1 is 0.958 bits per heavy atom. The first kappa shape index (κ1) is 16.5. The standard InChI is InChI=1S/C22H26N2/c1-22(2,20-11-7-4-8-12-20)21(17-24-16-15-23-18-24)14-13-19-9-5-3-6-10-19/h3-12,15-16,18,21H,13-14,17H2,1-2H3. The smallest absolute Gasteiger partial charge is 0.0946 e. The number of hydrogen-bond donors (Lipinski definition) is 0. The van der Waals surface area contributed by atoms with Crippen LogP contribution in [0.15, 0.2) is 79.4 Å². The van der Waals surface area contributed by atoms with Crippen LogP contribution in [0, 0.1) is 5.92 Å². The Kier molecular flexibility index (Phi) is 5.14. The van der Waals surface area contributed by atoms with Gasteiger partial charge in [0, 0.05) is 18.9 Å². The average molecular weight is 318 g/mol. The third kappa shape index (κ3) is 3.94. The van der Waals surface area contributed by atoms with Crippen LogP contribution in [-0.4, -0.2) is 9.55 Å². The number of imidazole rings is 1. The lowest BCUT2D eigenvalue weighted by molar-refractivity contribution is 0.262. The molecule has 0 spiro atoms. The molecule has 0 saturated heterocycles. The van der Waals surface area contributed by atoms with Crippen LogP contribution in [0.5, 0.6) is 0 Å². The van der Waals surface area contributed by atoms with Gasteiger partial charge in [-0.2, -0.15) is 0 Å². The van der Waals surface area contributed by atoms with E-state index in [1.807, 2.05) is 12.5 Å². The highest BCUT2D eigenvalue weighted by Crippen LogP contribution is 2.35. The van der Waals surface area contributed by atoms with Gasteiger partial charge in [0.2, 0.25) is 0 Å². The molecule has 0 fully saturated rings. The number of hydrogen-bond acceptors (Lipinski definition) is 1. The van der Waals surface area contributed by atoms with E-state index in [9.17, 15) is 0 Å². The van der Waals surface area contributed by atoms with Gasteiger partial charge >= 0.3 is 0 Å². The van der Waals surface area contributed by atoms with Crippen LogP contribution in [0.4, 0.5) is 0 Å². The molecule has 1 heterocycles. The fraction of sp³-hybridized carbons (Fsp3) is 0.318. The number of aryl methyl sites for hydroxylation is 1. The molecule has 3 aromatic rings. The van der Waals surface area contributed by atoms with E-state index >= 15 is 0 Å². The fourth-order valence-electron chi connectivity index (χ4n) is 3.42. The zero-order valence-electron chi connectivity index (χ0n) is 14.6. The Hall–Kier alpha value is -2.35. The molecule has 0 aliphatic carbocycles. The molecule has 24 heavy (non-hydrogen) atoms. The summed E-state index contributed by atoms with van der Waals surface area (Å²) in [4.78, 5) is 4.21. The van der Waals surface area contributed by atoms with Gasteiger partial charge in [-0.15, -0.1) is 0 Å². The lowest BCUT2D eigenvalue weighted by Crippen LogP contribution is -2.32. The molecule has 2 heteroatoms. The SMILES string of the molecule is CC(C)(c1ccccc1)C(CCc1ccccc1)Cn1ccnc1. The third-order valence-electron chi connectivity index (χ3n) is 5.15. The normalized spacial score (nSPS) is 12.9. The highest BCUT2D eigenvalue weighted by Gasteiger charge is 2.31. The molecule has 1 unspecified atom stereocenters. The van der Waals surface area contributed by atoms with Gasteiger partial charge in [0.1, 0.15) is 0 Å². The van der Waals surface area contributed by atoms with Gasteiger partial charge < -0.3 is 4.57 Å². The lowest BCUT2D eigenvalue weighted by Gasteiger charge is -2.35. The van der Waals surface area contributed by atoms with Gasteiger partial charge in [0.05, 0.1) is 6.33 Å². The van der Waals surface area contributed by atoms with Gasteiger partial charge in [-0.05, 0) is 35.3 Å². The molecule has 0 amide bonds. The molecular weight excluding hydrogens is 292 g/mol. The van der Waals surface area contributed by atoms with E-state index < -0.39 is 0 Å². The summed E-state index contributed by atoms with van der Waals surface area (Å²) >= 11 is 0. The maximum Gasteiger partial charge on any atom is 0.0946 e. The molecular formula is C22H26N2. The van der Waals surface area contributed by atoms with Crippen LogP contribution >= 0.6 is 0 Å². The molecule has 0 aliphatic rings. The second-order valence-corrected chi connectivity index (χ2v) is 7.07. The van der Waals surface area contributed by atoms with Crippen LogP contribution in [0.25, 0.3) is 0 Å². The lowest BCUT2D eigenvalue weighted by atomic mass is 9.71. The summed E-state index contributed by atoms with van der Waals surface area (Å²) in [5.74, 6) is 0.536. The fourth-order valence-corrected chi connectivity index (χ4v) is 3.42. The number of nitrogens with zero attached hydrogens (tertiary/aromatic N) is 2. The highest BCUT2D eigenvalue weighted by molar-refractivity contribution is 5.25. The first-order chi connectivity index (χ1) is 11.7. The predicted octanol–water partition coefficient (Wildman–Crippen LogP) is 5.11. The minimum absolute atomic E-state index is 0.111. The number of rotatable bonds is 7. The van der Waals surface area contributed by atoms with Gasteiger partial charge in [0.15, 0.2) is 0 Å². The van der Waals surface area contributed by atoms with Crippen molar-refractivity contribution >= 4 is 0 Å². The summed E-state index contributed by atoms with van der Waals surface area (Å²) < 4.78 is 2.21. The summed E-state index contributed by atoms with van der Waals surface area (Å²) in [5.41, 5.74) is 2.93. The molecule has 124 valence electrons. The quantitative estimate of drug-likeness (QED) is 0.592. The van der Waals surface area contributed by atoms with E-state index in [4.69, 9.17) is 0 Å². The topological polar surface area (TPSA) is 17.8 Å². The van der Waals surface area contributed by atoms with Crippen molar-refractivity contribution in [1.82, 2.24) is 9.55 Å². The molecule has 1 aromatic heterocycles. The molecule has 3 rings (SSSR count). The highest BCUT2D eigenvalue weighted by atomic mass is 15.0. The minimum atomic E-state index is 0.111. The van der Waals surface area contributed by atoms with Crippen LogP contribution in [0.1, 0.15) is 31.4 Å². The maximum atomic E-state index is 4.21. The molecule has 0 radical (unpaired) electrons. The molecule has 1 atom stereocenters. The summed E-state index contributed by atoms with van der Waals surface area (Å²) in [6, 6.07) is 21.7. The Morgan fingerprint density at radius 2 is 1.62 bits per heavy atom. The molecule has 0 bridgehead atoms. The summed E-state index contributed by atoms with van der Waals surface area (Å²) in [6.07, 6.45) is 8.12. The van der Waals surface area contributed by atoms with E-state index in [1.165, 1.54) is 11.1 Å². The molecule has 0 saturated carbocycles. The second kappa shape index (κ2) is 7.48. The predicted molar refractivity (Wildman–Crippen MR) is 99.9 cm³/mol. The first-order valence-electron chi connectivity index (χ1n) is 8.71. The minimum Gasteiger partial charge on any atom is -0.337 e. The summed E-state index contributed by atoms with van der Waals surface area (Å²) in [7, 11) is 0. The Balaban J connectivity index is 1.81. The second-order valence-electron chi connectivity index (χ2n) is 7.07. The van der Waals surface area contributed by atoms with E-state index in [0.717, 1.165) is 19.4 Å². The average Bonchev–Trinajstić information content (AvgIpc) is 3.13. The van der Waals surface area contributed by atoms with Crippen molar-refractivity contribution in [1.29, 1.82) is 0 Å². The van der Waals surface area contributed by atoms with Crippen molar-refractivity contribution < 1.29 is 0 Å². The monoisotopic (exact) mass is 318 g/mol. The first-order valence-corrected chi connectivity index (χ1v) is 8.71. The van der Waals surface area contributed by atoms with E-state index in [1.54, 1.807) is 0 Å². The molecule has 0 N–H and O–H groups in total. The van der Waals surface area contributed by atoms with E-state index in [0.29, 0.717) is 5.92 Å². The zero-order chi connectivity index (χ0) is 16.8. The number of aromatic nitrogens is 2. The van der Waals surface area contributed by atoms with E-state index in [2.05, 4.69) is 90.3 Å². The molecule has 0 aliphatic heterocycles. The Morgan fingerprint density at radius 3 is 2.25 bits per heavy atom. The zero-order valence-corrected chi connectivity index (χ0v) is 14.6. The van der Waals surface area contributed by atoms with Crippen LogP contribution < -0.4 is 0 Å². The molecule has 2 aromatic carbocycles. The van der Waals surface area contributed by atoms with Crippen LogP contribution in [-0.2, 0) is 18.4 Å². The van der Waals surface area contributed by atoms with Crippen LogP contribution in [0.2, 0.25) is 0 Å². The van der Waals surface area contributed by atoms with Crippen molar-refractivity contribution in [3.63, 3.8) is 0 Å². The summed E-state index contributed by atoms with van der Waals surface area (Å²) in [5, 5.41) is 0. The van der Waals surface area contributed by atoms with Crippen LogP contribution in [0.3, 0.4) is 0 Å². The Labute approximate surface area is 145 Å². The molecule has 2 nitrogen and oxygen atoms in total. The maximum absolute atomic E-state index is 4.21. The van der Waals surface area contributed by atoms with Crippen molar-refractivity contribution in [3.8, 4) is 0 Å². The van der Waals surface area contributed by atoms with Gasteiger partial charge in [-0.3, -0.25) is 0 Å².